The van der Waals surface area contributed by atoms with Crippen molar-refractivity contribution >= 4 is 34.7 Å². The van der Waals surface area contributed by atoms with E-state index in [9.17, 15) is 29.4 Å². The van der Waals surface area contributed by atoms with E-state index in [2.05, 4.69) is 15.3 Å². The Morgan fingerprint density at radius 2 is 1.74 bits per heavy atom. The minimum absolute atomic E-state index is 0.00546. The molecule has 0 saturated heterocycles. The van der Waals surface area contributed by atoms with Gasteiger partial charge in [0, 0.05) is 53.8 Å². The van der Waals surface area contributed by atoms with Crippen molar-refractivity contribution in [3.05, 3.63) is 58.5 Å². The maximum Gasteiger partial charge on any atom is 0.322 e. The van der Waals surface area contributed by atoms with Gasteiger partial charge in [0.05, 0.1) is 6.42 Å². The lowest BCUT2D eigenvalue weighted by Gasteiger charge is -2.18. The number of aromatic nitrogens is 2. The first kappa shape index (κ1) is 24.5. The Kier molecular flexibility index (Phi) is 7.69. The number of carboxylic acids is 3. The normalized spacial score (nSPS) is 11.9. The third kappa shape index (κ3) is 5.62. The number of para-hydroxylation sites is 1. The summed E-state index contributed by atoms with van der Waals surface area (Å²) in [5.74, 6) is -4.49. The van der Waals surface area contributed by atoms with Gasteiger partial charge in [0.25, 0.3) is 0 Å². The zero-order chi connectivity index (χ0) is 24.8. The lowest BCUT2D eigenvalue weighted by atomic mass is 9.87. The highest BCUT2D eigenvalue weighted by Crippen LogP contribution is 2.37. The van der Waals surface area contributed by atoms with E-state index in [1.807, 2.05) is 24.3 Å². The molecule has 1 atom stereocenters. The quantitative estimate of drug-likeness (QED) is 0.205. The number of benzene rings is 1. The summed E-state index contributed by atoms with van der Waals surface area (Å²) in [5, 5.41) is 30.8. The summed E-state index contributed by atoms with van der Waals surface area (Å²) in [4.78, 5) is 52.7. The monoisotopic (exact) mass is 470 g/mol. The number of rotatable bonds is 12. The van der Waals surface area contributed by atoms with Gasteiger partial charge in [-0.1, -0.05) is 18.2 Å². The first-order valence-electron chi connectivity index (χ1n) is 10.6. The fraction of sp³-hybridized carbons (Fsp3) is 0.304. The van der Waals surface area contributed by atoms with Gasteiger partial charge in [-0.05, 0) is 29.2 Å². The molecule has 0 spiro atoms. The van der Waals surface area contributed by atoms with Crippen LogP contribution in [0.1, 0.15) is 46.8 Å². The van der Waals surface area contributed by atoms with E-state index in [1.165, 1.54) is 0 Å². The van der Waals surface area contributed by atoms with Gasteiger partial charge in [-0.3, -0.25) is 19.2 Å². The van der Waals surface area contributed by atoms with Gasteiger partial charge in [0.15, 0.2) is 0 Å². The van der Waals surface area contributed by atoms with Crippen LogP contribution in [0.4, 0.5) is 0 Å². The van der Waals surface area contributed by atoms with E-state index >= 15 is 0 Å². The lowest BCUT2D eigenvalue weighted by molar-refractivity contribution is -0.138. The smallest absolute Gasteiger partial charge is 0.322 e. The van der Waals surface area contributed by atoms with Crippen LogP contribution in [-0.4, -0.2) is 55.6 Å². The number of carboxylic acid groups (broad SMARTS) is 3. The van der Waals surface area contributed by atoms with Gasteiger partial charge >= 0.3 is 17.9 Å². The van der Waals surface area contributed by atoms with Crippen molar-refractivity contribution in [2.45, 2.75) is 38.1 Å². The van der Waals surface area contributed by atoms with Crippen LogP contribution in [0.25, 0.3) is 10.9 Å². The van der Waals surface area contributed by atoms with E-state index in [-0.39, 0.29) is 32.2 Å². The standard InChI is InChI=1S/C23H26N4O7/c24-9-18-14(8-21(31)32)13(5-6-20(29)30)23(27-18)15(7-19(28)26-11-22(33)34)16-10-25-17-4-2-1-3-12(16)17/h1-4,10,15,25,27H,5-9,11,24H2,(H,26,28)(H,29,30)(H,31,32)(H,33,34). The third-order valence-electron chi connectivity index (χ3n) is 5.63. The summed E-state index contributed by atoms with van der Waals surface area (Å²) in [7, 11) is 0. The van der Waals surface area contributed by atoms with Gasteiger partial charge in [-0.25, -0.2) is 0 Å². The molecule has 180 valence electrons. The molecule has 2 aromatic heterocycles. The second-order valence-electron chi connectivity index (χ2n) is 7.86. The molecule has 34 heavy (non-hydrogen) atoms. The number of fused-ring (bicyclic) bond motifs is 1. The van der Waals surface area contributed by atoms with Gasteiger partial charge in [-0.15, -0.1) is 0 Å². The van der Waals surface area contributed by atoms with E-state index in [1.54, 1.807) is 6.20 Å². The van der Waals surface area contributed by atoms with Crippen molar-refractivity contribution in [3.63, 3.8) is 0 Å². The zero-order valence-electron chi connectivity index (χ0n) is 18.3. The molecule has 0 aliphatic heterocycles. The number of aromatic amines is 2. The molecule has 11 nitrogen and oxygen atoms in total. The first-order chi connectivity index (χ1) is 16.2. The number of nitrogens with one attached hydrogen (secondary N) is 3. The number of H-pyrrole nitrogens is 2. The number of hydrogen-bond donors (Lipinski definition) is 7. The minimum atomic E-state index is -1.19. The summed E-state index contributed by atoms with van der Waals surface area (Å²) in [6.07, 6.45) is 1.03. The summed E-state index contributed by atoms with van der Waals surface area (Å²) in [6.45, 7) is -0.553. The molecule has 0 bridgehead atoms. The second kappa shape index (κ2) is 10.7. The number of aliphatic carboxylic acids is 3. The van der Waals surface area contributed by atoms with Gasteiger partial charge in [0.1, 0.15) is 6.54 Å². The Morgan fingerprint density at radius 1 is 1.00 bits per heavy atom. The highest BCUT2D eigenvalue weighted by molar-refractivity contribution is 5.87. The summed E-state index contributed by atoms with van der Waals surface area (Å²) < 4.78 is 0. The van der Waals surface area contributed by atoms with Crippen LogP contribution in [0.15, 0.2) is 30.5 Å². The molecule has 1 unspecified atom stereocenters. The molecule has 0 saturated carbocycles. The molecule has 2 heterocycles. The van der Waals surface area contributed by atoms with E-state index in [0.717, 1.165) is 16.5 Å². The van der Waals surface area contributed by atoms with E-state index < -0.39 is 36.3 Å². The van der Waals surface area contributed by atoms with Crippen molar-refractivity contribution < 1.29 is 34.5 Å². The molecule has 0 aliphatic rings. The summed E-state index contributed by atoms with van der Waals surface area (Å²) >= 11 is 0. The molecule has 11 heteroatoms. The zero-order valence-corrected chi connectivity index (χ0v) is 18.3. The van der Waals surface area contributed by atoms with Crippen LogP contribution in [0.3, 0.4) is 0 Å². The highest BCUT2D eigenvalue weighted by atomic mass is 16.4. The molecule has 3 rings (SSSR count). The van der Waals surface area contributed by atoms with E-state index in [0.29, 0.717) is 22.5 Å². The van der Waals surface area contributed by atoms with Crippen molar-refractivity contribution in [2.75, 3.05) is 6.54 Å². The average Bonchev–Trinajstić information content (AvgIpc) is 3.35. The topological polar surface area (TPSA) is 199 Å². The molecule has 0 radical (unpaired) electrons. The van der Waals surface area contributed by atoms with Crippen LogP contribution >= 0.6 is 0 Å². The van der Waals surface area contributed by atoms with Crippen molar-refractivity contribution in [1.82, 2.24) is 15.3 Å². The fourth-order valence-electron chi connectivity index (χ4n) is 4.19. The number of carbonyl (C=O) groups excluding carboxylic acids is 1. The molecule has 0 aliphatic carbocycles. The fourth-order valence-corrected chi connectivity index (χ4v) is 4.19. The number of nitrogens with two attached hydrogens (primary N) is 1. The average molecular weight is 470 g/mol. The number of carbonyl (C=O) groups is 4. The Labute approximate surface area is 194 Å². The maximum absolute atomic E-state index is 12.7. The van der Waals surface area contributed by atoms with Crippen molar-refractivity contribution in [2.24, 2.45) is 5.73 Å². The molecular weight excluding hydrogens is 444 g/mol. The molecule has 3 aromatic rings. The van der Waals surface area contributed by atoms with Crippen LogP contribution < -0.4 is 11.1 Å². The summed E-state index contributed by atoms with van der Waals surface area (Å²) in [6, 6.07) is 7.41. The van der Waals surface area contributed by atoms with Crippen molar-refractivity contribution in [3.8, 4) is 0 Å². The summed E-state index contributed by atoms with van der Waals surface area (Å²) in [5.41, 5.74) is 9.25. The number of hydrogen-bond acceptors (Lipinski definition) is 5. The maximum atomic E-state index is 12.7. The molecule has 8 N–H and O–H groups in total. The molecule has 1 aromatic carbocycles. The van der Waals surface area contributed by atoms with Crippen molar-refractivity contribution in [1.29, 1.82) is 0 Å². The Balaban J connectivity index is 2.16. The largest absolute Gasteiger partial charge is 0.481 e. The number of amides is 1. The Morgan fingerprint density at radius 3 is 2.38 bits per heavy atom. The highest BCUT2D eigenvalue weighted by Gasteiger charge is 2.29. The Bertz CT molecular complexity index is 1230. The van der Waals surface area contributed by atoms with Crippen LogP contribution in [0.2, 0.25) is 0 Å². The predicted octanol–water partition coefficient (Wildman–Crippen LogP) is 1.32. The SMILES string of the molecule is NCc1[nH]c(C(CC(=O)NCC(=O)O)c2c[nH]c3ccccc23)c(CCC(=O)O)c1CC(=O)O. The minimum Gasteiger partial charge on any atom is -0.481 e. The van der Waals surface area contributed by atoms with Crippen LogP contribution in [0.5, 0.6) is 0 Å². The van der Waals surface area contributed by atoms with Crippen LogP contribution in [-0.2, 0) is 38.6 Å². The van der Waals surface area contributed by atoms with Gasteiger partial charge < -0.3 is 36.3 Å². The Hall–Kier alpha value is -4.12. The first-order valence-corrected chi connectivity index (χ1v) is 10.6. The predicted molar refractivity (Wildman–Crippen MR) is 121 cm³/mol. The van der Waals surface area contributed by atoms with Gasteiger partial charge in [-0.2, -0.15) is 0 Å². The second-order valence-corrected chi connectivity index (χ2v) is 7.86. The third-order valence-corrected chi connectivity index (χ3v) is 5.63. The van der Waals surface area contributed by atoms with Crippen LogP contribution in [0, 0.1) is 0 Å². The van der Waals surface area contributed by atoms with E-state index in [4.69, 9.17) is 10.8 Å². The van der Waals surface area contributed by atoms with Gasteiger partial charge in [0.2, 0.25) is 5.91 Å². The molecular formula is C23H26N4O7. The lowest BCUT2D eigenvalue weighted by Crippen LogP contribution is -2.30. The molecule has 0 fully saturated rings. The molecule has 1 amide bonds.